The van der Waals surface area contributed by atoms with Gasteiger partial charge in [0, 0.05) is 22.9 Å². The Hall–Kier alpha value is -3.74. The van der Waals surface area contributed by atoms with Crippen LogP contribution in [0.2, 0.25) is 0 Å². The van der Waals surface area contributed by atoms with Crippen LogP contribution in [-0.2, 0) is 11.0 Å². The molecule has 1 amide bonds. The highest BCUT2D eigenvalue weighted by Crippen LogP contribution is 2.36. The number of hydrogen-bond acceptors (Lipinski definition) is 3. The van der Waals surface area contributed by atoms with Crippen LogP contribution in [0.15, 0.2) is 71.2 Å². The lowest BCUT2D eigenvalue weighted by Gasteiger charge is -2.09. The second kappa shape index (κ2) is 7.59. The molecule has 0 spiro atoms. The van der Waals surface area contributed by atoms with Gasteiger partial charge in [0.05, 0.1) is 18.4 Å². The lowest BCUT2D eigenvalue weighted by atomic mass is 10.1. The fourth-order valence-corrected chi connectivity index (χ4v) is 3.18. The maximum Gasteiger partial charge on any atom is 0.416 e. The first-order valence-electron chi connectivity index (χ1n) is 9.01. The van der Waals surface area contributed by atoms with Crippen LogP contribution >= 0.6 is 0 Å². The molecule has 0 radical (unpaired) electrons. The summed E-state index contributed by atoms with van der Waals surface area (Å²) in [6, 6.07) is 15.7. The van der Waals surface area contributed by atoms with Crippen molar-refractivity contribution in [1.82, 2.24) is 0 Å². The zero-order chi connectivity index (χ0) is 21.3. The number of fused-ring (bicyclic) bond motifs is 3. The lowest BCUT2D eigenvalue weighted by Crippen LogP contribution is -2.09. The van der Waals surface area contributed by atoms with Crippen LogP contribution in [0.3, 0.4) is 0 Å². The maximum atomic E-state index is 12.8. The van der Waals surface area contributed by atoms with E-state index in [-0.39, 0.29) is 5.56 Å². The normalized spacial score (nSPS) is 12.0. The van der Waals surface area contributed by atoms with E-state index < -0.39 is 17.6 Å². The number of methoxy groups -OCH3 is 1. The van der Waals surface area contributed by atoms with E-state index in [9.17, 15) is 18.0 Å². The summed E-state index contributed by atoms with van der Waals surface area (Å²) >= 11 is 0. The van der Waals surface area contributed by atoms with Crippen LogP contribution in [0.25, 0.3) is 28.0 Å². The zero-order valence-corrected chi connectivity index (χ0v) is 15.8. The fraction of sp³-hybridized carbons (Fsp3) is 0.0870. The molecule has 4 rings (SSSR count). The molecular weight excluding hydrogens is 395 g/mol. The number of benzene rings is 3. The molecule has 1 heterocycles. The average molecular weight is 411 g/mol. The minimum atomic E-state index is -4.44. The summed E-state index contributed by atoms with van der Waals surface area (Å²) in [6.45, 7) is 0. The number of amides is 1. The van der Waals surface area contributed by atoms with E-state index in [1.165, 1.54) is 25.3 Å². The Morgan fingerprint density at radius 2 is 1.80 bits per heavy atom. The van der Waals surface area contributed by atoms with Gasteiger partial charge in [-0.2, -0.15) is 13.2 Å². The number of hydrogen-bond donors (Lipinski definition) is 1. The molecule has 4 aromatic rings. The quantitative estimate of drug-likeness (QED) is 0.403. The third-order valence-corrected chi connectivity index (χ3v) is 4.60. The molecule has 0 atom stereocenters. The first kappa shape index (κ1) is 19.6. The van der Waals surface area contributed by atoms with Gasteiger partial charge in [0.1, 0.15) is 16.9 Å². The smallest absolute Gasteiger partial charge is 0.416 e. The summed E-state index contributed by atoms with van der Waals surface area (Å²) in [4.78, 5) is 12.3. The largest absolute Gasteiger partial charge is 0.495 e. The van der Waals surface area contributed by atoms with Crippen molar-refractivity contribution in [2.24, 2.45) is 0 Å². The molecule has 3 aromatic carbocycles. The molecule has 0 aliphatic rings. The molecule has 152 valence electrons. The van der Waals surface area contributed by atoms with Crippen LogP contribution in [0.4, 0.5) is 18.9 Å². The minimum absolute atomic E-state index is 0.264. The number of alkyl halides is 3. The SMILES string of the molecule is COc1cc2c(cc1NC(=O)C=Cc1cccc(C(F)(F)F)c1)oc1ccccc12. The van der Waals surface area contributed by atoms with Gasteiger partial charge in [0.2, 0.25) is 5.91 Å². The summed E-state index contributed by atoms with van der Waals surface area (Å²) in [5.41, 5.74) is 1.17. The first-order valence-corrected chi connectivity index (χ1v) is 9.01. The van der Waals surface area contributed by atoms with E-state index >= 15 is 0 Å². The van der Waals surface area contributed by atoms with E-state index in [2.05, 4.69) is 5.32 Å². The highest BCUT2D eigenvalue weighted by Gasteiger charge is 2.30. The van der Waals surface area contributed by atoms with Crippen LogP contribution in [0, 0.1) is 0 Å². The predicted molar refractivity (Wildman–Crippen MR) is 109 cm³/mol. The van der Waals surface area contributed by atoms with E-state index in [1.807, 2.05) is 24.3 Å². The van der Waals surface area contributed by atoms with Crippen molar-refractivity contribution >= 4 is 39.6 Å². The van der Waals surface area contributed by atoms with E-state index in [0.717, 1.165) is 29.0 Å². The van der Waals surface area contributed by atoms with Crippen molar-refractivity contribution in [3.05, 3.63) is 77.9 Å². The third-order valence-electron chi connectivity index (χ3n) is 4.60. The molecule has 7 heteroatoms. The number of ether oxygens (including phenoxy) is 1. The van der Waals surface area contributed by atoms with Crippen LogP contribution < -0.4 is 10.1 Å². The maximum absolute atomic E-state index is 12.8. The Morgan fingerprint density at radius 3 is 2.57 bits per heavy atom. The highest BCUT2D eigenvalue weighted by atomic mass is 19.4. The van der Waals surface area contributed by atoms with Crippen molar-refractivity contribution < 1.29 is 27.1 Å². The average Bonchev–Trinajstić information content (AvgIpc) is 3.08. The molecule has 0 aliphatic carbocycles. The van der Waals surface area contributed by atoms with Gasteiger partial charge in [-0.05, 0) is 35.9 Å². The topological polar surface area (TPSA) is 51.5 Å². The predicted octanol–water partition coefficient (Wildman–Crippen LogP) is 6.27. The van der Waals surface area contributed by atoms with E-state index in [4.69, 9.17) is 9.15 Å². The second-order valence-electron chi connectivity index (χ2n) is 6.59. The van der Waals surface area contributed by atoms with Crippen molar-refractivity contribution in [3.63, 3.8) is 0 Å². The highest BCUT2D eigenvalue weighted by molar-refractivity contribution is 6.09. The van der Waals surface area contributed by atoms with Gasteiger partial charge in [0.15, 0.2) is 0 Å². The van der Waals surface area contributed by atoms with Gasteiger partial charge in [-0.3, -0.25) is 4.79 Å². The molecule has 0 bridgehead atoms. The lowest BCUT2D eigenvalue weighted by molar-refractivity contribution is -0.137. The van der Waals surface area contributed by atoms with Crippen molar-refractivity contribution in [3.8, 4) is 5.75 Å². The number of furan rings is 1. The summed E-state index contributed by atoms with van der Waals surface area (Å²) in [5, 5.41) is 4.45. The Bertz CT molecular complexity index is 1270. The van der Waals surface area contributed by atoms with Gasteiger partial charge in [-0.15, -0.1) is 0 Å². The van der Waals surface area contributed by atoms with Gasteiger partial charge in [-0.1, -0.05) is 30.3 Å². The van der Waals surface area contributed by atoms with Crippen LogP contribution in [0.5, 0.6) is 5.75 Å². The van der Waals surface area contributed by atoms with Gasteiger partial charge in [-0.25, -0.2) is 0 Å². The summed E-state index contributed by atoms with van der Waals surface area (Å²) in [5.74, 6) is -0.0731. The Labute approximate surface area is 169 Å². The monoisotopic (exact) mass is 411 g/mol. The van der Waals surface area contributed by atoms with Crippen LogP contribution in [-0.4, -0.2) is 13.0 Å². The molecule has 0 unspecified atom stereocenters. The minimum Gasteiger partial charge on any atom is -0.495 e. The van der Waals surface area contributed by atoms with Gasteiger partial charge < -0.3 is 14.5 Å². The Balaban J connectivity index is 1.60. The fourth-order valence-electron chi connectivity index (χ4n) is 3.18. The molecule has 0 aliphatic heterocycles. The van der Waals surface area contributed by atoms with Crippen LogP contribution in [0.1, 0.15) is 11.1 Å². The molecule has 4 nitrogen and oxygen atoms in total. The summed E-state index contributed by atoms with van der Waals surface area (Å²) < 4.78 is 49.6. The second-order valence-corrected chi connectivity index (χ2v) is 6.59. The Kier molecular flexibility index (Phi) is 4.95. The number of rotatable bonds is 4. The van der Waals surface area contributed by atoms with Crippen molar-refractivity contribution in [2.45, 2.75) is 6.18 Å². The molecule has 30 heavy (non-hydrogen) atoms. The number of halogens is 3. The zero-order valence-electron chi connectivity index (χ0n) is 15.8. The van der Waals surface area contributed by atoms with E-state index in [1.54, 1.807) is 12.1 Å². The molecule has 0 saturated heterocycles. The van der Waals surface area contributed by atoms with Crippen molar-refractivity contribution in [1.29, 1.82) is 0 Å². The molecule has 1 N–H and O–H groups in total. The number of nitrogens with one attached hydrogen (secondary N) is 1. The molecule has 0 fully saturated rings. The standard InChI is InChI=1S/C23H16F3NO3/c1-29-21-12-17-16-7-2-3-8-19(16)30-20(17)13-18(21)27-22(28)10-9-14-5-4-6-15(11-14)23(24,25)26/h2-13H,1H3,(H,27,28). The Morgan fingerprint density at radius 1 is 1.00 bits per heavy atom. The number of carbonyl (C=O) groups excluding carboxylic acids is 1. The number of carbonyl (C=O) groups is 1. The molecule has 1 aromatic heterocycles. The van der Waals surface area contributed by atoms with Gasteiger partial charge >= 0.3 is 6.18 Å². The molecular formula is C23H16F3NO3. The number of anilines is 1. The first-order chi connectivity index (χ1) is 14.3. The summed E-state index contributed by atoms with van der Waals surface area (Å²) in [6.07, 6.45) is -1.96. The van der Waals surface area contributed by atoms with Gasteiger partial charge in [0.25, 0.3) is 0 Å². The molecule has 0 saturated carbocycles. The third kappa shape index (κ3) is 3.87. The summed E-state index contributed by atoms with van der Waals surface area (Å²) in [7, 11) is 1.48. The van der Waals surface area contributed by atoms with E-state index in [0.29, 0.717) is 22.6 Å². The van der Waals surface area contributed by atoms with Crippen molar-refractivity contribution in [2.75, 3.05) is 12.4 Å². The number of para-hydroxylation sites is 1.